The van der Waals surface area contributed by atoms with E-state index in [1.807, 2.05) is 24.4 Å². The largest absolute Gasteiger partial charge is 0.441 e. The van der Waals surface area contributed by atoms with Crippen LogP contribution in [-0.4, -0.2) is 35.4 Å². The van der Waals surface area contributed by atoms with Crippen LogP contribution < -0.4 is 4.90 Å². The van der Waals surface area contributed by atoms with E-state index in [9.17, 15) is 4.79 Å². The fraction of sp³-hybridized carbons (Fsp3) is 0.333. The molecule has 0 aliphatic carbocycles. The molecule has 1 fully saturated rings. The van der Waals surface area contributed by atoms with Crippen LogP contribution >= 0.6 is 11.3 Å². The molecule has 5 nitrogen and oxygen atoms in total. The number of hydrogen-bond donors (Lipinski definition) is 1. The summed E-state index contributed by atoms with van der Waals surface area (Å²) >= 11 is 1.50. The van der Waals surface area contributed by atoms with E-state index in [2.05, 4.69) is 4.98 Å². The van der Waals surface area contributed by atoms with Crippen molar-refractivity contribution in [3.05, 3.63) is 23.2 Å². The Balaban J connectivity index is 2.02. The number of aryl methyl sites for hydroxylation is 1. The summed E-state index contributed by atoms with van der Waals surface area (Å²) in [6, 6.07) is 3.88. The summed E-state index contributed by atoms with van der Waals surface area (Å²) in [4.78, 5) is 18.6. The monoisotopic (exact) mass is 264 g/mol. The molecule has 1 saturated heterocycles. The number of rotatable bonds is 2. The van der Waals surface area contributed by atoms with Crippen molar-refractivity contribution in [1.29, 1.82) is 0 Å². The van der Waals surface area contributed by atoms with Crippen LogP contribution in [0.1, 0.15) is 5.69 Å². The number of cyclic esters (lactones) is 1. The van der Waals surface area contributed by atoms with Gasteiger partial charge in [-0.2, -0.15) is 0 Å². The Morgan fingerprint density at radius 2 is 2.44 bits per heavy atom. The van der Waals surface area contributed by atoms with Crippen molar-refractivity contribution >= 4 is 33.3 Å². The van der Waals surface area contributed by atoms with Gasteiger partial charge in [-0.3, -0.25) is 4.90 Å². The maximum atomic E-state index is 11.7. The molecule has 6 heteroatoms. The number of anilines is 1. The molecule has 1 aliphatic heterocycles. The number of fused-ring (bicyclic) bond motifs is 1. The highest BCUT2D eigenvalue weighted by Gasteiger charge is 2.33. The Morgan fingerprint density at radius 3 is 3.17 bits per heavy atom. The predicted octanol–water partition coefficient (Wildman–Crippen LogP) is 1.92. The molecular weight excluding hydrogens is 252 g/mol. The summed E-state index contributed by atoms with van der Waals surface area (Å²) in [7, 11) is 0. The molecule has 1 amide bonds. The Morgan fingerprint density at radius 1 is 1.61 bits per heavy atom. The van der Waals surface area contributed by atoms with Crippen molar-refractivity contribution < 1.29 is 14.6 Å². The molecule has 0 unspecified atom stereocenters. The number of thiophene rings is 1. The minimum Gasteiger partial charge on any atom is -0.441 e. The van der Waals surface area contributed by atoms with Gasteiger partial charge in [0.2, 0.25) is 0 Å². The van der Waals surface area contributed by atoms with Crippen LogP contribution in [0.3, 0.4) is 0 Å². The van der Waals surface area contributed by atoms with Crippen LogP contribution in [0.25, 0.3) is 10.2 Å². The summed E-state index contributed by atoms with van der Waals surface area (Å²) in [5, 5.41) is 11.9. The lowest BCUT2D eigenvalue weighted by Crippen LogP contribution is -2.25. The van der Waals surface area contributed by atoms with Crippen LogP contribution in [-0.2, 0) is 4.74 Å². The minimum absolute atomic E-state index is 0.151. The van der Waals surface area contributed by atoms with Gasteiger partial charge in [0.05, 0.1) is 18.8 Å². The smallest absolute Gasteiger partial charge is 0.414 e. The molecule has 1 atom stereocenters. The van der Waals surface area contributed by atoms with E-state index in [4.69, 9.17) is 9.84 Å². The second-order valence-electron chi connectivity index (χ2n) is 4.23. The first-order chi connectivity index (χ1) is 8.69. The van der Waals surface area contributed by atoms with E-state index in [1.54, 1.807) is 4.90 Å². The standard InChI is InChI=1S/C12H12N2O3S/c1-7-2-3-9-10(6-18-11(9)13-7)14-4-8(5-15)17-12(14)16/h2-3,6,8,15H,4-5H2,1H3/t8-/m1/s1. The number of aromatic nitrogens is 1. The number of aliphatic hydroxyl groups is 1. The van der Waals surface area contributed by atoms with Crippen LogP contribution in [0.4, 0.5) is 10.5 Å². The van der Waals surface area contributed by atoms with Gasteiger partial charge in [0.15, 0.2) is 0 Å². The molecular formula is C12H12N2O3S. The van der Waals surface area contributed by atoms with Crippen LogP contribution in [0.15, 0.2) is 17.5 Å². The number of carbonyl (C=O) groups excluding carboxylic acids is 1. The van der Waals surface area contributed by atoms with E-state index in [0.717, 1.165) is 21.6 Å². The van der Waals surface area contributed by atoms with Gasteiger partial charge in [0.25, 0.3) is 0 Å². The molecule has 1 aliphatic rings. The van der Waals surface area contributed by atoms with Crippen LogP contribution in [0.5, 0.6) is 0 Å². The molecule has 0 radical (unpaired) electrons. The van der Waals surface area contributed by atoms with Crippen molar-refractivity contribution in [2.75, 3.05) is 18.1 Å². The third-order valence-corrected chi connectivity index (χ3v) is 3.80. The first kappa shape index (κ1) is 11.4. The zero-order valence-corrected chi connectivity index (χ0v) is 10.6. The Kier molecular flexibility index (Phi) is 2.68. The van der Waals surface area contributed by atoms with Crippen LogP contribution in [0.2, 0.25) is 0 Å². The van der Waals surface area contributed by atoms with Crippen molar-refractivity contribution in [2.45, 2.75) is 13.0 Å². The van der Waals surface area contributed by atoms with Gasteiger partial charge in [-0.15, -0.1) is 11.3 Å². The van der Waals surface area contributed by atoms with E-state index < -0.39 is 12.2 Å². The average Bonchev–Trinajstić information content (AvgIpc) is 2.91. The van der Waals surface area contributed by atoms with Gasteiger partial charge < -0.3 is 9.84 Å². The first-order valence-electron chi connectivity index (χ1n) is 5.63. The number of amides is 1. The van der Waals surface area contributed by atoms with Gasteiger partial charge in [-0.1, -0.05) is 0 Å². The van der Waals surface area contributed by atoms with E-state index in [-0.39, 0.29) is 6.61 Å². The molecule has 94 valence electrons. The highest BCUT2D eigenvalue weighted by atomic mass is 32.1. The van der Waals surface area contributed by atoms with Gasteiger partial charge in [0.1, 0.15) is 10.9 Å². The van der Waals surface area contributed by atoms with Gasteiger partial charge >= 0.3 is 6.09 Å². The fourth-order valence-electron chi connectivity index (χ4n) is 2.02. The SMILES string of the molecule is Cc1ccc2c(N3C[C@H](CO)OC3=O)csc2n1. The Bertz CT molecular complexity index is 610. The highest BCUT2D eigenvalue weighted by Crippen LogP contribution is 2.34. The Labute approximate surface area is 108 Å². The maximum absolute atomic E-state index is 11.7. The lowest BCUT2D eigenvalue weighted by molar-refractivity contribution is 0.0963. The van der Waals surface area contributed by atoms with E-state index in [0.29, 0.717) is 6.54 Å². The number of nitrogens with zero attached hydrogens (tertiary/aromatic N) is 2. The van der Waals surface area contributed by atoms with Crippen molar-refractivity contribution in [1.82, 2.24) is 4.98 Å². The molecule has 0 bridgehead atoms. The minimum atomic E-state index is -0.439. The van der Waals surface area contributed by atoms with Crippen LogP contribution in [0, 0.1) is 6.92 Å². The highest BCUT2D eigenvalue weighted by molar-refractivity contribution is 7.17. The van der Waals surface area contributed by atoms with Gasteiger partial charge in [-0.05, 0) is 19.1 Å². The summed E-state index contributed by atoms with van der Waals surface area (Å²) in [6.45, 7) is 2.17. The summed E-state index contributed by atoms with van der Waals surface area (Å²) in [5.41, 5.74) is 1.76. The fourth-order valence-corrected chi connectivity index (χ4v) is 2.99. The van der Waals surface area contributed by atoms with E-state index in [1.165, 1.54) is 11.3 Å². The number of ether oxygens (including phenoxy) is 1. The number of aliphatic hydroxyl groups excluding tert-OH is 1. The zero-order chi connectivity index (χ0) is 12.7. The molecule has 3 rings (SSSR count). The molecule has 2 aromatic heterocycles. The topological polar surface area (TPSA) is 62.7 Å². The van der Waals surface area contributed by atoms with Crippen molar-refractivity contribution in [2.24, 2.45) is 0 Å². The third-order valence-electron chi connectivity index (χ3n) is 2.93. The quantitative estimate of drug-likeness (QED) is 0.900. The van der Waals surface area contributed by atoms with E-state index >= 15 is 0 Å². The number of pyridine rings is 1. The van der Waals surface area contributed by atoms with Crippen molar-refractivity contribution in [3.8, 4) is 0 Å². The van der Waals surface area contributed by atoms with Crippen molar-refractivity contribution in [3.63, 3.8) is 0 Å². The molecule has 3 heterocycles. The first-order valence-corrected chi connectivity index (χ1v) is 6.51. The molecule has 0 spiro atoms. The molecule has 1 N–H and O–H groups in total. The lowest BCUT2D eigenvalue weighted by atomic mass is 10.2. The maximum Gasteiger partial charge on any atom is 0.414 e. The summed E-state index contributed by atoms with van der Waals surface area (Å²) < 4.78 is 5.04. The van der Waals surface area contributed by atoms with Gasteiger partial charge in [-0.25, -0.2) is 9.78 Å². The third kappa shape index (κ3) is 1.74. The molecule has 0 aromatic carbocycles. The normalized spacial score (nSPS) is 19.6. The summed E-state index contributed by atoms with van der Waals surface area (Å²) in [6.07, 6.45) is -0.847. The molecule has 18 heavy (non-hydrogen) atoms. The molecule has 2 aromatic rings. The second-order valence-corrected chi connectivity index (χ2v) is 5.08. The zero-order valence-electron chi connectivity index (χ0n) is 9.79. The number of carbonyl (C=O) groups is 1. The second kappa shape index (κ2) is 4.22. The summed E-state index contributed by atoms with van der Waals surface area (Å²) in [5.74, 6) is 0. The average molecular weight is 264 g/mol. The Hall–Kier alpha value is -1.66. The predicted molar refractivity (Wildman–Crippen MR) is 69.1 cm³/mol. The molecule has 0 saturated carbocycles. The van der Waals surface area contributed by atoms with Gasteiger partial charge in [0, 0.05) is 16.5 Å². The lowest BCUT2D eigenvalue weighted by Gasteiger charge is -2.11. The number of hydrogen-bond acceptors (Lipinski definition) is 5.